The summed E-state index contributed by atoms with van der Waals surface area (Å²) < 4.78 is 11.6. The zero-order valence-electron chi connectivity index (χ0n) is 12.1. The summed E-state index contributed by atoms with van der Waals surface area (Å²) in [7, 11) is 0. The highest BCUT2D eigenvalue weighted by atomic mass is 16.7. The molecule has 2 heterocycles. The third-order valence-corrected chi connectivity index (χ3v) is 4.16. The fraction of sp³-hybridized carbons (Fsp3) is 0.562. The van der Waals surface area contributed by atoms with Crippen LogP contribution in [-0.4, -0.2) is 48.1 Å². The first kappa shape index (κ1) is 14.5. The van der Waals surface area contributed by atoms with Gasteiger partial charge in [0.25, 0.3) is 0 Å². The molecule has 1 aromatic carbocycles. The lowest BCUT2D eigenvalue weighted by Gasteiger charge is -2.38. The Balaban J connectivity index is 1.70. The van der Waals surface area contributed by atoms with E-state index in [9.17, 15) is 4.79 Å². The minimum atomic E-state index is -0.792. The van der Waals surface area contributed by atoms with E-state index in [-0.39, 0.29) is 6.42 Å². The SMILES string of the molecule is O=C(O)Cc1ccccc1CN1CCCC2(C1)OCCO2. The highest BCUT2D eigenvalue weighted by Gasteiger charge is 2.40. The second-order valence-corrected chi connectivity index (χ2v) is 5.76. The van der Waals surface area contributed by atoms with Crippen LogP contribution in [0.25, 0.3) is 0 Å². The lowest BCUT2D eigenvalue weighted by atomic mass is 10.0. The minimum Gasteiger partial charge on any atom is -0.481 e. The van der Waals surface area contributed by atoms with Crippen molar-refractivity contribution in [2.45, 2.75) is 31.6 Å². The van der Waals surface area contributed by atoms with Crippen LogP contribution < -0.4 is 0 Å². The number of ether oxygens (including phenoxy) is 2. The Labute approximate surface area is 124 Å². The standard InChI is InChI=1S/C16H21NO4/c18-15(19)10-13-4-1-2-5-14(13)11-17-7-3-6-16(12-17)20-8-9-21-16/h1-2,4-5H,3,6-12H2,(H,18,19). The number of benzene rings is 1. The van der Waals surface area contributed by atoms with Gasteiger partial charge in [-0.1, -0.05) is 24.3 Å². The summed E-state index contributed by atoms with van der Waals surface area (Å²) in [5.41, 5.74) is 1.97. The average Bonchev–Trinajstić information content (AvgIpc) is 2.88. The molecule has 0 saturated carbocycles. The smallest absolute Gasteiger partial charge is 0.307 e. The van der Waals surface area contributed by atoms with Gasteiger partial charge in [0.1, 0.15) is 0 Å². The van der Waals surface area contributed by atoms with E-state index >= 15 is 0 Å². The van der Waals surface area contributed by atoms with Gasteiger partial charge >= 0.3 is 5.97 Å². The van der Waals surface area contributed by atoms with Crippen molar-refractivity contribution >= 4 is 5.97 Å². The predicted molar refractivity (Wildman–Crippen MR) is 76.9 cm³/mol. The molecule has 0 bridgehead atoms. The summed E-state index contributed by atoms with van der Waals surface area (Å²) in [5, 5.41) is 9.01. The maximum absolute atomic E-state index is 11.0. The molecule has 2 saturated heterocycles. The second kappa shape index (κ2) is 6.13. The van der Waals surface area contributed by atoms with Crippen molar-refractivity contribution in [1.29, 1.82) is 0 Å². The molecule has 1 N–H and O–H groups in total. The number of carbonyl (C=O) groups is 1. The largest absolute Gasteiger partial charge is 0.481 e. The zero-order valence-corrected chi connectivity index (χ0v) is 12.1. The maximum atomic E-state index is 11.0. The Morgan fingerprint density at radius 3 is 2.67 bits per heavy atom. The topological polar surface area (TPSA) is 59.0 Å². The number of aliphatic carboxylic acids is 1. The molecule has 2 aliphatic rings. The van der Waals surface area contributed by atoms with Gasteiger partial charge in [0.15, 0.2) is 5.79 Å². The fourth-order valence-electron chi connectivity index (χ4n) is 3.23. The molecule has 2 aliphatic heterocycles. The van der Waals surface area contributed by atoms with Crippen LogP contribution in [0.5, 0.6) is 0 Å². The number of nitrogens with zero attached hydrogens (tertiary/aromatic N) is 1. The van der Waals surface area contributed by atoms with E-state index in [2.05, 4.69) is 4.90 Å². The fourth-order valence-corrected chi connectivity index (χ4v) is 3.23. The molecular formula is C16H21NO4. The van der Waals surface area contributed by atoms with Crippen molar-refractivity contribution in [1.82, 2.24) is 4.90 Å². The molecule has 0 unspecified atom stereocenters. The number of piperidine rings is 1. The number of carboxylic acids is 1. The summed E-state index contributed by atoms with van der Waals surface area (Å²) in [4.78, 5) is 13.3. The van der Waals surface area contributed by atoms with E-state index in [1.807, 2.05) is 24.3 Å². The molecule has 1 aromatic rings. The molecule has 21 heavy (non-hydrogen) atoms. The van der Waals surface area contributed by atoms with Crippen LogP contribution in [0.15, 0.2) is 24.3 Å². The summed E-state index contributed by atoms with van der Waals surface area (Å²) in [6.45, 7) is 3.84. The van der Waals surface area contributed by atoms with Crippen molar-refractivity contribution < 1.29 is 19.4 Å². The van der Waals surface area contributed by atoms with E-state index < -0.39 is 11.8 Å². The van der Waals surface area contributed by atoms with Gasteiger partial charge in [0, 0.05) is 13.0 Å². The van der Waals surface area contributed by atoms with Gasteiger partial charge in [-0.3, -0.25) is 9.69 Å². The van der Waals surface area contributed by atoms with Gasteiger partial charge in [-0.15, -0.1) is 0 Å². The van der Waals surface area contributed by atoms with E-state index in [0.717, 1.165) is 43.6 Å². The molecule has 0 atom stereocenters. The van der Waals surface area contributed by atoms with Crippen molar-refractivity contribution in [3.05, 3.63) is 35.4 Å². The summed E-state index contributed by atoms with van der Waals surface area (Å²) in [6.07, 6.45) is 2.06. The van der Waals surface area contributed by atoms with Gasteiger partial charge in [0.2, 0.25) is 0 Å². The van der Waals surface area contributed by atoms with Crippen LogP contribution in [0.4, 0.5) is 0 Å². The molecule has 0 radical (unpaired) electrons. The summed E-state index contributed by atoms with van der Waals surface area (Å²) in [6, 6.07) is 7.76. The number of likely N-dealkylation sites (tertiary alicyclic amines) is 1. The monoisotopic (exact) mass is 291 g/mol. The van der Waals surface area contributed by atoms with Crippen LogP contribution in [0.2, 0.25) is 0 Å². The Hall–Kier alpha value is -1.43. The van der Waals surface area contributed by atoms with Gasteiger partial charge in [0.05, 0.1) is 26.2 Å². The summed E-state index contributed by atoms with van der Waals surface area (Å²) >= 11 is 0. The lowest BCUT2D eigenvalue weighted by molar-refractivity contribution is -0.190. The number of carboxylic acid groups (broad SMARTS) is 1. The number of hydrogen-bond donors (Lipinski definition) is 1. The average molecular weight is 291 g/mol. The highest BCUT2D eigenvalue weighted by molar-refractivity contribution is 5.70. The van der Waals surface area contributed by atoms with Gasteiger partial charge in [-0.25, -0.2) is 0 Å². The van der Waals surface area contributed by atoms with Crippen LogP contribution >= 0.6 is 0 Å². The first-order chi connectivity index (χ1) is 10.2. The Morgan fingerprint density at radius 2 is 1.95 bits per heavy atom. The van der Waals surface area contributed by atoms with E-state index in [1.54, 1.807) is 0 Å². The molecule has 114 valence electrons. The molecule has 2 fully saturated rings. The van der Waals surface area contributed by atoms with Crippen LogP contribution in [0.3, 0.4) is 0 Å². The Morgan fingerprint density at radius 1 is 1.24 bits per heavy atom. The molecule has 0 aliphatic carbocycles. The number of hydrogen-bond acceptors (Lipinski definition) is 4. The van der Waals surface area contributed by atoms with E-state index in [0.29, 0.717) is 13.2 Å². The third kappa shape index (κ3) is 3.43. The van der Waals surface area contributed by atoms with Crippen LogP contribution in [-0.2, 0) is 27.2 Å². The maximum Gasteiger partial charge on any atom is 0.307 e. The quantitative estimate of drug-likeness (QED) is 0.914. The molecular weight excluding hydrogens is 270 g/mol. The zero-order chi connectivity index (χ0) is 14.7. The number of rotatable bonds is 4. The molecule has 5 nitrogen and oxygen atoms in total. The Kier molecular flexibility index (Phi) is 4.24. The first-order valence-electron chi connectivity index (χ1n) is 7.46. The first-order valence-corrected chi connectivity index (χ1v) is 7.46. The van der Waals surface area contributed by atoms with E-state index in [1.165, 1.54) is 0 Å². The molecule has 3 rings (SSSR count). The van der Waals surface area contributed by atoms with Crippen molar-refractivity contribution in [2.24, 2.45) is 0 Å². The molecule has 0 aromatic heterocycles. The Bertz CT molecular complexity index is 511. The van der Waals surface area contributed by atoms with Crippen LogP contribution in [0.1, 0.15) is 24.0 Å². The third-order valence-electron chi connectivity index (χ3n) is 4.16. The molecule has 1 spiro atoms. The van der Waals surface area contributed by atoms with Gasteiger partial charge in [-0.2, -0.15) is 0 Å². The highest BCUT2D eigenvalue weighted by Crippen LogP contribution is 2.31. The minimum absolute atomic E-state index is 0.0716. The molecule has 0 amide bonds. The van der Waals surface area contributed by atoms with Crippen LogP contribution in [0, 0.1) is 0 Å². The normalized spacial score (nSPS) is 21.7. The van der Waals surface area contributed by atoms with Crippen molar-refractivity contribution in [2.75, 3.05) is 26.3 Å². The van der Waals surface area contributed by atoms with Crippen molar-refractivity contribution in [3.8, 4) is 0 Å². The van der Waals surface area contributed by atoms with Crippen molar-refractivity contribution in [3.63, 3.8) is 0 Å². The lowest BCUT2D eigenvalue weighted by Crippen LogP contribution is -2.48. The second-order valence-electron chi connectivity index (χ2n) is 5.76. The molecule has 5 heteroatoms. The van der Waals surface area contributed by atoms with Gasteiger partial charge < -0.3 is 14.6 Å². The predicted octanol–water partition coefficient (Wildman–Crippen LogP) is 1.65. The van der Waals surface area contributed by atoms with Gasteiger partial charge in [-0.05, 0) is 24.1 Å². The summed E-state index contributed by atoms with van der Waals surface area (Å²) in [5.74, 6) is -1.22. The van der Waals surface area contributed by atoms with E-state index in [4.69, 9.17) is 14.6 Å².